The second-order valence-electron chi connectivity index (χ2n) is 4.85. The predicted molar refractivity (Wildman–Crippen MR) is 55.2 cm³/mol. The second kappa shape index (κ2) is 4.27. The smallest absolute Gasteiger partial charge is 0.351 e. The number of aliphatic carboxylic acids is 2. The number of rotatable bonds is 2. The molecule has 1 spiro atoms. The van der Waals surface area contributed by atoms with Crippen LogP contribution in [0.1, 0.15) is 44.9 Å². The second-order valence-corrected chi connectivity index (χ2v) is 4.85. The number of hydrogen-bond donors (Lipinski definition) is 2. The summed E-state index contributed by atoms with van der Waals surface area (Å²) in [6.45, 7) is 0. The molecule has 0 aromatic heterocycles. The molecule has 2 rings (SSSR count). The van der Waals surface area contributed by atoms with Crippen molar-refractivity contribution in [1.29, 1.82) is 0 Å². The van der Waals surface area contributed by atoms with Crippen molar-refractivity contribution >= 4 is 11.9 Å². The van der Waals surface area contributed by atoms with Gasteiger partial charge in [0.15, 0.2) is 0 Å². The van der Waals surface area contributed by atoms with E-state index in [9.17, 15) is 9.59 Å². The van der Waals surface area contributed by atoms with E-state index in [0.29, 0.717) is 6.42 Å². The molecule has 0 amide bonds. The lowest BCUT2D eigenvalue weighted by atomic mass is 9.78. The zero-order valence-electron chi connectivity index (χ0n) is 9.48. The van der Waals surface area contributed by atoms with Crippen LogP contribution in [0.25, 0.3) is 0 Å². The van der Waals surface area contributed by atoms with Crippen molar-refractivity contribution in [1.82, 2.24) is 0 Å². The third-order valence-corrected chi connectivity index (χ3v) is 3.75. The summed E-state index contributed by atoms with van der Waals surface area (Å²) < 4.78 is 0. The highest BCUT2D eigenvalue weighted by molar-refractivity contribution is 6.01. The summed E-state index contributed by atoms with van der Waals surface area (Å²) >= 11 is 0. The zero-order chi connectivity index (χ0) is 12.5. The molecule has 0 atom stereocenters. The SMILES string of the molecule is O=C(O)C1(C(=O)O)CCC2(CCCCC2)OO1. The van der Waals surface area contributed by atoms with Gasteiger partial charge in [0.2, 0.25) is 0 Å². The van der Waals surface area contributed by atoms with E-state index in [0.717, 1.165) is 32.1 Å². The number of carboxylic acids is 2. The van der Waals surface area contributed by atoms with Gasteiger partial charge in [-0.2, -0.15) is 0 Å². The van der Waals surface area contributed by atoms with Crippen LogP contribution in [0.2, 0.25) is 0 Å². The summed E-state index contributed by atoms with van der Waals surface area (Å²) in [7, 11) is 0. The Morgan fingerprint density at radius 2 is 1.41 bits per heavy atom. The van der Waals surface area contributed by atoms with Crippen LogP contribution in [-0.2, 0) is 19.4 Å². The summed E-state index contributed by atoms with van der Waals surface area (Å²) in [5, 5.41) is 17.9. The molecule has 0 aromatic carbocycles. The van der Waals surface area contributed by atoms with E-state index in [4.69, 9.17) is 20.0 Å². The third-order valence-electron chi connectivity index (χ3n) is 3.75. The standard InChI is InChI=1S/C11H16O6/c12-8(13)11(9(14)15)7-6-10(16-17-11)4-2-1-3-5-10/h1-7H2,(H,12,13)(H,14,15). The Morgan fingerprint density at radius 1 is 0.824 bits per heavy atom. The molecule has 0 radical (unpaired) electrons. The molecule has 0 bridgehead atoms. The fourth-order valence-corrected chi connectivity index (χ4v) is 2.55. The Bertz CT molecular complexity index is 305. The number of carbonyl (C=O) groups is 2. The largest absolute Gasteiger partial charge is 0.479 e. The highest BCUT2D eigenvalue weighted by Crippen LogP contribution is 2.42. The van der Waals surface area contributed by atoms with Crippen LogP contribution in [-0.4, -0.2) is 33.4 Å². The van der Waals surface area contributed by atoms with Gasteiger partial charge in [-0.1, -0.05) is 19.3 Å². The highest BCUT2D eigenvalue weighted by Gasteiger charge is 2.56. The normalized spacial score (nSPS) is 26.6. The lowest BCUT2D eigenvalue weighted by molar-refractivity contribution is -0.428. The van der Waals surface area contributed by atoms with Crippen LogP contribution in [0.5, 0.6) is 0 Å². The van der Waals surface area contributed by atoms with Gasteiger partial charge in [-0.05, 0) is 19.3 Å². The maximum atomic E-state index is 11.0. The Morgan fingerprint density at radius 3 is 1.82 bits per heavy atom. The lowest BCUT2D eigenvalue weighted by Gasteiger charge is -2.43. The predicted octanol–water partition coefficient (Wildman–Crippen LogP) is 1.34. The van der Waals surface area contributed by atoms with Gasteiger partial charge >= 0.3 is 11.9 Å². The zero-order valence-corrected chi connectivity index (χ0v) is 9.48. The van der Waals surface area contributed by atoms with Crippen molar-refractivity contribution in [2.24, 2.45) is 0 Å². The van der Waals surface area contributed by atoms with Crippen LogP contribution in [0.4, 0.5) is 0 Å². The van der Waals surface area contributed by atoms with Gasteiger partial charge in [-0.15, -0.1) is 0 Å². The van der Waals surface area contributed by atoms with Gasteiger partial charge < -0.3 is 10.2 Å². The molecule has 96 valence electrons. The maximum Gasteiger partial charge on any atom is 0.351 e. The molecular weight excluding hydrogens is 228 g/mol. The summed E-state index contributed by atoms with van der Waals surface area (Å²) in [5.41, 5.74) is -2.70. The van der Waals surface area contributed by atoms with Crippen LogP contribution in [0.3, 0.4) is 0 Å². The van der Waals surface area contributed by atoms with Gasteiger partial charge in [0.1, 0.15) is 5.60 Å². The molecule has 2 fully saturated rings. The molecule has 2 aliphatic rings. The molecule has 2 N–H and O–H groups in total. The molecule has 0 aromatic rings. The van der Waals surface area contributed by atoms with E-state index < -0.39 is 23.1 Å². The van der Waals surface area contributed by atoms with Crippen LogP contribution in [0, 0.1) is 0 Å². The first kappa shape index (κ1) is 12.3. The maximum absolute atomic E-state index is 11.0. The fourth-order valence-electron chi connectivity index (χ4n) is 2.55. The molecule has 6 heteroatoms. The minimum absolute atomic E-state index is 0.0440. The van der Waals surface area contributed by atoms with Gasteiger partial charge in [-0.3, -0.25) is 0 Å². The number of carboxylic acid groups (broad SMARTS) is 2. The lowest BCUT2D eigenvalue weighted by Crippen LogP contribution is -2.56. The van der Waals surface area contributed by atoms with Crippen LogP contribution < -0.4 is 0 Å². The van der Waals surface area contributed by atoms with Crippen molar-refractivity contribution in [2.45, 2.75) is 56.1 Å². The minimum Gasteiger partial charge on any atom is -0.479 e. The van der Waals surface area contributed by atoms with Gasteiger partial charge in [0.05, 0.1) is 0 Å². The molecular formula is C11H16O6. The van der Waals surface area contributed by atoms with E-state index >= 15 is 0 Å². The van der Waals surface area contributed by atoms with E-state index in [1.807, 2.05) is 0 Å². The molecule has 1 aliphatic carbocycles. The Hall–Kier alpha value is -1.14. The van der Waals surface area contributed by atoms with Gasteiger partial charge in [0, 0.05) is 6.42 Å². The molecule has 0 unspecified atom stereocenters. The Balaban J connectivity index is 2.10. The average Bonchev–Trinajstić information content (AvgIpc) is 2.30. The molecule has 6 nitrogen and oxygen atoms in total. The van der Waals surface area contributed by atoms with Gasteiger partial charge in [0.25, 0.3) is 5.60 Å². The third kappa shape index (κ3) is 2.02. The fraction of sp³-hybridized carbons (Fsp3) is 0.818. The van der Waals surface area contributed by atoms with E-state index in [-0.39, 0.29) is 6.42 Å². The van der Waals surface area contributed by atoms with E-state index in [1.54, 1.807) is 0 Å². The summed E-state index contributed by atoms with van der Waals surface area (Å²) in [6.07, 6.45) is 5.15. The topological polar surface area (TPSA) is 93.1 Å². The molecule has 1 saturated carbocycles. The number of hydrogen-bond acceptors (Lipinski definition) is 4. The first-order valence-corrected chi connectivity index (χ1v) is 5.84. The van der Waals surface area contributed by atoms with Crippen molar-refractivity contribution in [2.75, 3.05) is 0 Å². The molecule has 17 heavy (non-hydrogen) atoms. The summed E-state index contributed by atoms with van der Waals surface area (Å²) in [6, 6.07) is 0. The van der Waals surface area contributed by atoms with Crippen molar-refractivity contribution in [3.8, 4) is 0 Å². The minimum atomic E-state index is -2.23. The first-order valence-electron chi connectivity index (χ1n) is 5.84. The quantitative estimate of drug-likeness (QED) is 0.562. The van der Waals surface area contributed by atoms with Crippen molar-refractivity contribution < 1.29 is 29.6 Å². The monoisotopic (exact) mass is 244 g/mol. The van der Waals surface area contributed by atoms with Crippen LogP contribution in [0.15, 0.2) is 0 Å². The molecule has 1 saturated heterocycles. The Kier molecular flexibility index (Phi) is 3.09. The average molecular weight is 244 g/mol. The van der Waals surface area contributed by atoms with E-state index in [2.05, 4.69) is 0 Å². The van der Waals surface area contributed by atoms with Crippen molar-refractivity contribution in [3.63, 3.8) is 0 Å². The highest BCUT2D eigenvalue weighted by atomic mass is 17.2. The van der Waals surface area contributed by atoms with Gasteiger partial charge in [-0.25, -0.2) is 19.4 Å². The van der Waals surface area contributed by atoms with Crippen LogP contribution >= 0.6 is 0 Å². The summed E-state index contributed by atoms with van der Waals surface area (Å²) in [4.78, 5) is 32.0. The van der Waals surface area contributed by atoms with Crippen molar-refractivity contribution in [3.05, 3.63) is 0 Å². The first-order chi connectivity index (χ1) is 8.01. The Labute approximate surface area is 98.4 Å². The van der Waals surface area contributed by atoms with E-state index in [1.165, 1.54) is 0 Å². The molecule has 1 aliphatic heterocycles. The summed E-state index contributed by atoms with van der Waals surface area (Å²) in [5.74, 6) is -3.01. The molecule has 1 heterocycles.